The predicted octanol–water partition coefficient (Wildman–Crippen LogP) is -0.643. The first-order valence-electron chi connectivity index (χ1n) is 6.02. The van der Waals surface area contributed by atoms with E-state index in [1.165, 1.54) is 0 Å². The Kier molecular flexibility index (Phi) is 3.22. The molecule has 0 radical (unpaired) electrons. The SMILES string of the molecule is Nc1cc2c([C@@H]3O[C@@H](CO)[C@@H](O)[C@@H]3O)[nH]nc2c(=S)[nH]1. The lowest BCUT2D eigenvalue weighted by atomic mass is 10.0. The Hall–Kier alpha value is -1.52. The van der Waals surface area contributed by atoms with Crippen LogP contribution in [-0.4, -0.2) is 55.4 Å². The third kappa shape index (κ3) is 1.91. The van der Waals surface area contributed by atoms with Crippen LogP contribution >= 0.6 is 12.2 Å². The fourth-order valence-electron chi connectivity index (χ4n) is 2.42. The summed E-state index contributed by atoms with van der Waals surface area (Å²) in [7, 11) is 0. The van der Waals surface area contributed by atoms with E-state index in [2.05, 4.69) is 15.2 Å². The van der Waals surface area contributed by atoms with E-state index >= 15 is 0 Å². The summed E-state index contributed by atoms with van der Waals surface area (Å²) in [5, 5.41) is 36.3. The Morgan fingerprint density at radius 2 is 2.15 bits per heavy atom. The number of nitrogen functional groups attached to an aromatic ring is 1. The molecule has 2 aromatic heterocycles. The van der Waals surface area contributed by atoms with Gasteiger partial charge >= 0.3 is 0 Å². The standard InChI is InChI=1S/C11H14N4O4S/c12-5-1-3-6(14-15-7(3)11(20)13-5)10-9(18)8(17)4(2-16)19-10/h1,4,8-10,16-18H,2H2,(H,14,15)(H3,12,13,20)/t4-,8+,9-,10-/m0/s1. The third-order valence-electron chi connectivity index (χ3n) is 3.43. The molecule has 1 aliphatic rings. The lowest BCUT2D eigenvalue weighted by Crippen LogP contribution is -2.32. The van der Waals surface area contributed by atoms with Crippen LogP contribution in [0.5, 0.6) is 0 Å². The molecule has 1 saturated heterocycles. The van der Waals surface area contributed by atoms with Crippen LogP contribution in [0.4, 0.5) is 5.82 Å². The number of hydrogen-bond acceptors (Lipinski definition) is 7. The highest BCUT2D eigenvalue weighted by molar-refractivity contribution is 7.71. The van der Waals surface area contributed by atoms with Gasteiger partial charge in [-0.1, -0.05) is 12.2 Å². The number of aromatic amines is 2. The van der Waals surface area contributed by atoms with Gasteiger partial charge in [-0.05, 0) is 6.07 Å². The summed E-state index contributed by atoms with van der Waals surface area (Å²) in [5.74, 6) is 0.358. The minimum absolute atomic E-state index is 0.358. The van der Waals surface area contributed by atoms with Crippen LogP contribution < -0.4 is 5.73 Å². The van der Waals surface area contributed by atoms with Gasteiger partial charge in [-0.25, -0.2) is 0 Å². The lowest BCUT2D eigenvalue weighted by molar-refractivity contribution is -0.0235. The molecule has 0 unspecified atom stereocenters. The molecule has 20 heavy (non-hydrogen) atoms. The highest BCUT2D eigenvalue weighted by atomic mass is 32.1. The van der Waals surface area contributed by atoms with Crippen molar-refractivity contribution in [2.75, 3.05) is 12.3 Å². The molecule has 0 saturated carbocycles. The third-order valence-corrected chi connectivity index (χ3v) is 3.73. The molecule has 8 nitrogen and oxygen atoms in total. The van der Waals surface area contributed by atoms with Gasteiger partial charge in [0.1, 0.15) is 40.4 Å². The van der Waals surface area contributed by atoms with Crippen molar-refractivity contribution in [1.29, 1.82) is 0 Å². The van der Waals surface area contributed by atoms with Crippen LogP contribution in [0.2, 0.25) is 0 Å². The fourth-order valence-corrected chi connectivity index (χ4v) is 2.69. The van der Waals surface area contributed by atoms with Gasteiger partial charge < -0.3 is 30.8 Å². The summed E-state index contributed by atoms with van der Waals surface area (Å²) in [4.78, 5) is 2.77. The summed E-state index contributed by atoms with van der Waals surface area (Å²) in [6, 6.07) is 1.62. The van der Waals surface area contributed by atoms with Gasteiger partial charge in [-0.3, -0.25) is 5.10 Å². The second-order valence-corrected chi connectivity index (χ2v) is 5.12. The van der Waals surface area contributed by atoms with Crippen molar-refractivity contribution in [3.63, 3.8) is 0 Å². The van der Waals surface area contributed by atoms with E-state index in [1.807, 2.05) is 0 Å². The number of fused-ring (bicyclic) bond motifs is 1. The Labute approximate surface area is 118 Å². The zero-order valence-corrected chi connectivity index (χ0v) is 11.1. The Balaban J connectivity index is 2.09. The lowest BCUT2D eigenvalue weighted by Gasteiger charge is -2.13. The van der Waals surface area contributed by atoms with E-state index in [0.717, 1.165) is 0 Å². The molecule has 9 heteroatoms. The largest absolute Gasteiger partial charge is 0.394 e. The average Bonchev–Trinajstić information content (AvgIpc) is 2.93. The van der Waals surface area contributed by atoms with Crippen molar-refractivity contribution >= 4 is 28.9 Å². The summed E-state index contributed by atoms with van der Waals surface area (Å²) in [6.07, 6.45) is -4.01. The molecule has 0 aromatic carbocycles. The number of rotatable bonds is 2. The monoisotopic (exact) mass is 298 g/mol. The fraction of sp³-hybridized carbons (Fsp3) is 0.455. The number of aliphatic hydroxyl groups excluding tert-OH is 3. The highest BCUT2D eigenvalue weighted by Gasteiger charge is 2.44. The van der Waals surface area contributed by atoms with E-state index in [9.17, 15) is 10.2 Å². The number of nitrogens with zero attached hydrogens (tertiary/aromatic N) is 1. The first-order chi connectivity index (χ1) is 9.52. The van der Waals surface area contributed by atoms with E-state index in [0.29, 0.717) is 27.1 Å². The Morgan fingerprint density at radius 3 is 2.80 bits per heavy atom. The van der Waals surface area contributed by atoms with E-state index in [1.54, 1.807) is 6.07 Å². The molecular formula is C11H14N4O4S. The molecule has 4 atom stereocenters. The predicted molar refractivity (Wildman–Crippen MR) is 72.4 cm³/mol. The van der Waals surface area contributed by atoms with Crippen LogP contribution in [0.3, 0.4) is 0 Å². The molecule has 0 aliphatic carbocycles. The maximum atomic E-state index is 10.0. The number of nitrogens with one attached hydrogen (secondary N) is 2. The quantitative estimate of drug-likeness (QED) is 0.405. The van der Waals surface area contributed by atoms with Crippen molar-refractivity contribution in [2.24, 2.45) is 0 Å². The first kappa shape index (κ1) is 13.5. The zero-order chi connectivity index (χ0) is 14.4. The van der Waals surface area contributed by atoms with Crippen LogP contribution in [-0.2, 0) is 4.74 Å². The van der Waals surface area contributed by atoms with E-state index in [4.69, 9.17) is 27.8 Å². The van der Waals surface area contributed by atoms with E-state index < -0.39 is 24.4 Å². The van der Waals surface area contributed by atoms with Crippen LogP contribution in [0.15, 0.2) is 6.07 Å². The second kappa shape index (κ2) is 4.79. The number of nitrogens with two attached hydrogens (primary N) is 1. The van der Waals surface area contributed by atoms with Crippen molar-refractivity contribution in [3.8, 4) is 0 Å². The molecule has 0 bridgehead atoms. The molecular weight excluding hydrogens is 284 g/mol. The van der Waals surface area contributed by atoms with Crippen LogP contribution in [0.25, 0.3) is 10.9 Å². The maximum Gasteiger partial charge on any atom is 0.133 e. The Bertz CT molecular complexity index is 699. The van der Waals surface area contributed by atoms with Gasteiger partial charge in [0.15, 0.2) is 0 Å². The van der Waals surface area contributed by atoms with Crippen LogP contribution in [0.1, 0.15) is 11.8 Å². The zero-order valence-electron chi connectivity index (χ0n) is 10.3. The van der Waals surface area contributed by atoms with Crippen LogP contribution in [0, 0.1) is 4.64 Å². The number of aromatic nitrogens is 3. The summed E-state index contributed by atoms with van der Waals surface area (Å²) < 4.78 is 5.83. The highest BCUT2D eigenvalue weighted by Crippen LogP contribution is 2.36. The smallest absolute Gasteiger partial charge is 0.133 e. The number of ether oxygens (including phenoxy) is 1. The van der Waals surface area contributed by atoms with Crippen molar-refractivity contribution < 1.29 is 20.1 Å². The summed E-state index contributed by atoms with van der Waals surface area (Å²) in [5.41, 5.74) is 6.68. The molecule has 2 aromatic rings. The molecule has 1 aliphatic heterocycles. The number of anilines is 1. The van der Waals surface area contributed by atoms with Gasteiger partial charge in [0.25, 0.3) is 0 Å². The molecule has 1 fully saturated rings. The molecule has 0 spiro atoms. The summed E-state index contributed by atoms with van der Waals surface area (Å²) >= 11 is 5.12. The van der Waals surface area contributed by atoms with Crippen molar-refractivity contribution in [2.45, 2.75) is 24.4 Å². The number of pyridine rings is 1. The van der Waals surface area contributed by atoms with E-state index in [-0.39, 0.29) is 6.61 Å². The van der Waals surface area contributed by atoms with Gasteiger partial charge in [0.05, 0.1) is 12.3 Å². The first-order valence-corrected chi connectivity index (χ1v) is 6.43. The maximum absolute atomic E-state index is 10.0. The molecule has 0 amide bonds. The minimum atomic E-state index is -1.17. The van der Waals surface area contributed by atoms with Gasteiger partial charge in [0, 0.05) is 5.39 Å². The minimum Gasteiger partial charge on any atom is -0.394 e. The van der Waals surface area contributed by atoms with Gasteiger partial charge in [-0.2, -0.15) is 5.10 Å². The molecule has 3 heterocycles. The average molecular weight is 298 g/mol. The molecule has 3 rings (SSSR count). The van der Waals surface area contributed by atoms with Crippen molar-refractivity contribution in [3.05, 3.63) is 16.4 Å². The number of aliphatic hydroxyl groups is 3. The normalized spacial score (nSPS) is 30.1. The molecule has 108 valence electrons. The number of H-pyrrole nitrogens is 2. The summed E-state index contributed by atoms with van der Waals surface area (Å²) in [6.45, 7) is -0.386. The van der Waals surface area contributed by atoms with Gasteiger partial charge in [0.2, 0.25) is 0 Å². The topological polar surface area (TPSA) is 140 Å². The van der Waals surface area contributed by atoms with Crippen molar-refractivity contribution in [1.82, 2.24) is 15.2 Å². The molecule has 7 N–H and O–H groups in total. The second-order valence-electron chi connectivity index (χ2n) is 4.71. The Morgan fingerprint density at radius 1 is 1.40 bits per heavy atom. The number of hydrogen-bond donors (Lipinski definition) is 6. The van der Waals surface area contributed by atoms with Gasteiger partial charge in [-0.15, -0.1) is 0 Å².